The highest BCUT2D eigenvalue weighted by molar-refractivity contribution is 7.47. The van der Waals surface area contributed by atoms with Gasteiger partial charge in [0, 0.05) is 25.7 Å². The van der Waals surface area contributed by atoms with Gasteiger partial charge in [0.25, 0.3) is 0 Å². The van der Waals surface area contributed by atoms with Gasteiger partial charge in [0.15, 0.2) is 12.2 Å². The molecule has 0 aliphatic rings. The van der Waals surface area contributed by atoms with E-state index in [4.69, 9.17) is 37.0 Å². The van der Waals surface area contributed by atoms with E-state index in [1.807, 2.05) is 0 Å². The largest absolute Gasteiger partial charge is 0.472 e. The fraction of sp³-hybridized carbons (Fsp3) is 0.948. The lowest BCUT2D eigenvalue weighted by atomic mass is 10.0. The van der Waals surface area contributed by atoms with E-state index in [0.29, 0.717) is 31.6 Å². The Hall–Kier alpha value is -1.94. The van der Waals surface area contributed by atoms with Crippen molar-refractivity contribution in [1.29, 1.82) is 0 Å². The predicted molar refractivity (Wildman–Crippen MR) is 391 cm³/mol. The SMILES string of the molecule is CCCCCCCCCCCCCCCCCCCC(=O)O[C@H](COC(=O)CCCCCCCCCCCCCCCCC)COP(=O)(O)OC[C@@H](O)COP(=O)(O)OC[C@@H](COC(=O)CCCCCCCCCC(C)C)OC(=O)CCCCCCCCCCCCCCCC. The lowest BCUT2D eigenvalue weighted by Gasteiger charge is -2.21. The first-order chi connectivity index (χ1) is 46.5. The second-order valence-corrected chi connectivity index (χ2v) is 31.1. The lowest BCUT2D eigenvalue weighted by Crippen LogP contribution is -2.30. The first-order valence-electron chi connectivity index (χ1n) is 40.1. The maximum absolute atomic E-state index is 13.1. The highest BCUT2D eigenvalue weighted by Crippen LogP contribution is 2.45. The van der Waals surface area contributed by atoms with Gasteiger partial charge in [-0.25, -0.2) is 9.13 Å². The summed E-state index contributed by atoms with van der Waals surface area (Å²) in [4.78, 5) is 72.9. The van der Waals surface area contributed by atoms with E-state index >= 15 is 0 Å². The second kappa shape index (κ2) is 70.1. The summed E-state index contributed by atoms with van der Waals surface area (Å²) in [5.41, 5.74) is 0. The van der Waals surface area contributed by atoms with Crippen LogP contribution in [-0.4, -0.2) is 96.7 Å². The quantitative estimate of drug-likeness (QED) is 0.0222. The molecule has 0 bridgehead atoms. The molecule has 0 amide bonds. The molecule has 0 aliphatic carbocycles. The summed E-state index contributed by atoms with van der Waals surface area (Å²) >= 11 is 0. The molecule has 0 fully saturated rings. The second-order valence-electron chi connectivity index (χ2n) is 28.2. The zero-order valence-electron chi connectivity index (χ0n) is 62.5. The van der Waals surface area contributed by atoms with Crippen LogP contribution in [0.15, 0.2) is 0 Å². The van der Waals surface area contributed by atoms with Crippen molar-refractivity contribution in [1.82, 2.24) is 0 Å². The highest BCUT2D eigenvalue weighted by atomic mass is 31.2. The summed E-state index contributed by atoms with van der Waals surface area (Å²) in [6.07, 6.45) is 59.6. The third-order valence-corrected chi connectivity index (χ3v) is 19.9. The topological polar surface area (TPSA) is 237 Å². The van der Waals surface area contributed by atoms with Gasteiger partial charge in [0.05, 0.1) is 26.4 Å². The zero-order chi connectivity index (χ0) is 70.5. The van der Waals surface area contributed by atoms with Crippen LogP contribution in [0.1, 0.15) is 407 Å². The molecule has 3 N–H and O–H groups in total. The van der Waals surface area contributed by atoms with E-state index in [2.05, 4.69) is 34.6 Å². The normalized spacial score (nSPS) is 13.9. The smallest absolute Gasteiger partial charge is 0.462 e. The average Bonchev–Trinajstić information content (AvgIpc) is 2.59. The Kier molecular flexibility index (Phi) is 68.7. The van der Waals surface area contributed by atoms with E-state index in [1.54, 1.807) is 0 Å². The van der Waals surface area contributed by atoms with Crippen LogP contribution < -0.4 is 0 Å². The lowest BCUT2D eigenvalue weighted by molar-refractivity contribution is -0.161. The molecule has 570 valence electrons. The molecule has 0 aromatic rings. The Morgan fingerprint density at radius 2 is 0.479 bits per heavy atom. The van der Waals surface area contributed by atoms with Crippen LogP contribution in [0.5, 0.6) is 0 Å². The summed E-state index contributed by atoms with van der Waals surface area (Å²) in [6, 6.07) is 0. The Morgan fingerprint density at radius 3 is 0.708 bits per heavy atom. The van der Waals surface area contributed by atoms with Crippen LogP contribution in [0.4, 0.5) is 0 Å². The molecule has 0 radical (unpaired) electrons. The summed E-state index contributed by atoms with van der Waals surface area (Å²) in [7, 11) is -9.91. The number of unbranched alkanes of at least 4 members (excludes halogenated alkanes) is 49. The zero-order valence-corrected chi connectivity index (χ0v) is 64.3. The Balaban J connectivity index is 5.24. The van der Waals surface area contributed by atoms with Crippen LogP contribution in [0.2, 0.25) is 0 Å². The van der Waals surface area contributed by atoms with E-state index in [0.717, 1.165) is 96.3 Å². The van der Waals surface area contributed by atoms with Crippen LogP contribution in [-0.2, 0) is 65.4 Å². The Bertz CT molecular complexity index is 1840. The third kappa shape index (κ3) is 70.5. The van der Waals surface area contributed by atoms with Gasteiger partial charge >= 0.3 is 39.5 Å². The van der Waals surface area contributed by atoms with E-state index in [-0.39, 0.29) is 25.7 Å². The predicted octanol–water partition coefficient (Wildman–Crippen LogP) is 22.9. The van der Waals surface area contributed by atoms with Gasteiger partial charge in [-0.1, -0.05) is 356 Å². The molecule has 2 unspecified atom stereocenters. The van der Waals surface area contributed by atoms with Gasteiger partial charge in [-0.2, -0.15) is 0 Å². The molecule has 0 aliphatic heterocycles. The molecule has 0 heterocycles. The maximum atomic E-state index is 13.1. The van der Waals surface area contributed by atoms with E-state index in [9.17, 15) is 43.2 Å². The van der Waals surface area contributed by atoms with Crippen molar-refractivity contribution in [3.63, 3.8) is 0 Å². The first-order valence-corrected chi connectivity index (χ1v) is 43.1. The van der Waals surface area contributed by atoms with Crippen LogP contribution >= 0.6 is 15.6 Å². The van der Waals surface area contributed by atoms with Crippen molar-refractivity contribution >= 4 is 39.5 Å². The molecule has 0 spiro atoms. The fourth-order valence-electron chi connectivity index (χ4n) is 11.9. The van der Waals surface area contributed by atoms with Crippen molar-refractivity contribution in [2.24, 2.45) is 5.92 Å². The average molecular weight is 1410 g/mol. The Morgan fingerprint density at radius 1 is 0.281 bits per heavy atom. The van der Waals surface area contributed by atoms with E-state index < -0.39 is 97.5 Å². The molecular formula is C77H150O17P2. The number of phosphoric ester groups is 2. The van der Waals surface area contributed by atoms with Gasteiger partial charge in [-0.15, -0.1) is 0 Å². The molecule has 96 heavy (non-hydrogen) atoms. The van der Waals surface area contributed by atoms with Crippen LogP contribution in [0, 0.1) is 5.92 Å². The molecule has 17 nitrogen and oxygen atoms in total. The van der Waals surface area contributed by atoms with Crippen molar-refractivity contribution in [2.75, 3.05) is 39.6 Å². The van der Waals surface area contributed by atoms with Crippen molar-refractivity contribution in [3.8, 4) is 0 Å². The van der Waals surface area contributed by atoms with Crippen LogP contribution in [0.3, 0.4) is 0 Å². The van der Waals surface area contributed by atoms with Gasteiger partial charge in [0.1, 0.15) is 19.3 Å². The van der Waals surface area contributed by atoms with Crippen molar-refractivity contribution < 1.29 is 80.2 Å². The number of hydrogen-bond acceptors (Lipinski definition) is 15. The summed E-state index contributed by atoms with van der Waals surface area (Å²) in [5.74, 6) is -1.41. The summed E-state index contributed by atoms with van der Waals surface area (Å²) in [6.45, 7) is 7.26. The number of hydrogen-bond donors (Lipinski definition) is 3. The molecule has 0 saturated heterocycles. The molecule has 0 saturated carbocycles. The summed E-state index contributed by atoms with van der Waals surface area (Å²) in [5, 5.41) is 10.6. The Labute approximate surface area is 588 Å². The number of carbonyl (C=O) groups excluding carboxylic acids is 4. The van der Waals surface area contributed by atoms with Crippen molar-refractivity contribution in [2.45, 2.75) is 425 Å². The third-order valence-electron chi connectivity index (χ3n) is 18.0. The maximum Gasteiger partial charge on any atom is 0.472 e. The van der Waals surface area contributed by atoms with Gasteiger partial charge in [-0.3, -0.25) is 37.3 Å². The minimum absolute atomic E-state index is 0.107. The molecule has 0 aromatic heterocycles. The molecule has 0 rings (SSSR count). The number of esters is 4. The number of aliphatic hydroxyl groups is 1. The fourth-order valence-corrected chi connectivity index (χ4v) is 13.5. The van der Waals surface area contributed by atoms with Crippen LogP contribution in [0.25, 0.3) is 0 Å². The summed E-state index contributed by atoms with van der Waals surface area (Å²) < 4.78 is 68.6. The minimum Gasteiger partial charge on any atom is -0.462 e. The molecular weight excluding hydrogens is 1260 g/mol. The van der Waals surface area contributed by atoms with Gasteiger partial charge < -0.3 is 33.8 Å². The molecule has 0 aromatic carbocycles. The monoisotopic (exact) mass is 1410 g/mol. The molecule has 19 heteroatoms. The molecule has 5 atom stereocenters. The number of ether oxygens (including phenoxy) is 4. The number of aliphatic hydroxyl groups excluding tert-OH is 1. The number of phosphoric acid groups is 2. The van der Waals surface area contributed by atoms with Gasteiger partial charge in [-0.05, 0) is 31.6 Å². The van der Waals surface area contributed by atoms with Crippen molar-refractivity contribution in [3.05, 3.63) is 0 Å². The van der Waals surface area contributed by atoms with E-state index in [1.165, 1.54) is 225 Å². The standard InChI is InChI=1S/C77H150O17P2/c1-6-9-12-15-18-21-24-27-30-31-33-36-39-42-47-53-58-63-76(81)93-72(66-87-74(79)60-55-50-45-40-37-35-32-28-25-22-19-16-13-10-7-2)68-91-95(83,84)89-64-71(78)65-90-96(85,86)92-69-73(67-88-75(80)61-56-51-48-43-44-49-54-59-70(4)5)94-77(82)62-57-52-46-41-38-34-29-26-23-20-17-14-11-8-3/h70-73,78H,6-69H2,1-5H3,(H,83,84)(H,85,86)/t71-,72-,73-/m1/s1. The number of carbonyl (C=O) groups is 4. The first kappa shape index (κ1) is 94.1. The highest BCUT2D eigenvalue weighted by Gasteiger charge is 2.30. The number of rotatable bonds is 77. The van der Waals surface area contributed by atoms with Gasteiger partial charge in [0.2, 0.25) is 0 Å². The minimum atomic E-state index is -4.96.